The van der Waals surface area contributed by atoms with Crippen LogP contribution in [0, 0.1) is 11.2 Å². The molecule has 100 valence electrons. The minimum Gasteiger partial charge on any atom is -0.341 e. The number of halogens is 1. The molecule has 0 aliphatic carbocycles. The number of hydrogen-bond acceptors (Lipinski definition) is 3. The van der Waals surface area contributed by atoms with Crippen molar-refractivity contribution < 1.29 is 9.18 Å². The average molecular weight is 253 g/mol. The van der Waals surface area contributed by atoms with Gasteiger partial charge in [-0.2, -0.15) is 0 Å². The molecule has 4 nitrogen and oxygen atoms in total. The highest BCUT2D eigenvalue weighted by molar-refractivity contribution is 5.99. The van der Waals surface area contributed by atoms with Crippen LogP contribution in [0.3, 0.4) is 0 Å². The number of nitrogen functional groups attached to an aromatic ring is 1. The Morgan fingerprint density at radius 1 is 1.44 bits per heavy atom. The van der Waals surface area contributed by atoms with E-state index in [-0.39, 0.29) is 22.6 Å². The number of hydrogen-bond donors (Lipinski definition) is 2. The van der Waals surface area contributed by atoms with Gasteiger partial charge < -0.3 is 10.3 Å². The molecule has 0 saturated carbocycles. The summed E-state index contributed by atoms with van der Waals surface area (Å²) in [6.07, 6.45) is 0. The van der Waals surface area contributed by atoms with Crippen molar-refractivity contribution >= 4 is 11.6 Å². The zero-order valence-corrected chi connectivity index (χ0v) is 11.2. The van der Waals surface area contributed by atoms with Gasteiger partial charge in [0.2, 0.25) is 0 Å². The molecule has 0 aliphatic rings. The number of para-hydroxylation sites is 1. The lowest BCUT2D eigenvalue weighted by atomic mass is 9.96. The fourth-order valence-electron chi connectivity index (χ4n) is 1.84. The molecule has 5 heteroatoms. The molecule has 0 spiro atoms. The molecule has 1 amide bonds. The van der Waals surface area contributed by atoms with Crippen LogP contribution in [-0.2, 0) is 0 Å². The largest absolute Gasteiger partial charge is 0.341 e. The summed E-state index contributed by atoms with van der Waals surface area (Å²) < 4.78 is 13.5. The minimum atomic E-state index is -0.535. The fourth-order valence-corrected chi connectivity index (χ4v) is 1.84. The lowest BCUT2D eigenvalue weighted by Crippen LogP contribution is -2.35. The first-order chi connectivity index (χ1) is 8.26. The molecule has 1 rings (SSSR count). The van der Waals surface area contributed by atoms with Crippen LogP contribution in [-0.4, -0.2) is 24.4 Å². The van der Waals surface area contributed by atoms with Crippen LogP contribution < -0.4 is 11.3 Å². The number of anilines is 1. The van der Waals surface area contributed by atoms with Gasteiger partial charge in [0.1, 0.15) is 5.82 Å². The van der Waals surface area contributed by atoms with Crippen molar-refractivity contribution in [3.63, 3.8) is 0 Å². The van der Waals surface area contributed by atoms with E-state index in [1.807, 2.05) is 20.8 Å². The summed E-state index contributed by atoms with van der Waals surface area (Å²) in [5, 5.41) is 0. The van der Waals surface area contributed by atoms with E-state index in [1.165, 1.54) is 12.1 Å². The lowest BCUT2D eigenvalue weighted by molar-refractivity contribution is 0.0746. The topological polar surface area (TPSA) is 58.4 Å². The van der Waals surface area contributed by atoms with E-state index in [9.17, 15) is 9.18 Å². The quantitative estimate of drug-likeness (QED) is 0.641. The van der Waals surface area contributed by atoms with Crippen LogP contribution in [0.2, 0.25) is 0 Å². The summed E-state index contributed by atoms with van der Waals surface area (Å²) in [6, 6.07) is 4.31. The maximum absolute atomic E-state index is 13.5. The summed E-state index contributed by atoms with van der Waals surface area (Å²) in [4.78, 5) is 13.8. The molecule has 0 unspecified atom stereocenters. The first-order valence-corrected chi connectivity index (χ1v) is 5.77. The van der Waals surface area contributed by atoms with Gasteiger partial charge in [0.15, 0.2) is 0 Å². The van der Waals surface area contributed by atoms with Crippen LogP contribution in [0.25, 0.3) is 0 Å². The minimum absolute atomic E-state index is 0.0198. The van der Waals surface area contributed by atoms with Gasteiger partial charge in [-0.1, -0.05) is 26.8 Å². The molecule has 0 saturated heterocycles. The van der Waals surface area contributed by atoms with E-state index in [2.05, 4.69) is 5.43 Å². The Balaban J connectivity index is 3.01. The summed E-state index contributed by atoms with van der Waals surface area (Å²) in [5.41, 5.74) is 2.49. The van der Waals surface area contributed by atoms with Gasteiger partial charge in [-0.3, -0.25) is 10.6 Å². The number of carbonyl (C=O) groups excluding carboxylic acids is 1. The van der Waals surface area contributed by atoms with Crippen molar-refractivity contribution in [3.8, 4) is 0 Å². The number of carbonyl (C=O) groups is 1. The van der Waals surface area contributed by atoms with Crippen LogP contribution in [0.15, 0.2) is 18.2 Å². The zero-order valence-electron chi connectivity index (χ0n) is 11.2. The highest BCUT2D eigenvalue weighted by Crippen LogP contribution is 2.22. The second-order valence-electron chi connectivity index (χ2n) is 5.53. The predicted molar refractivity (Wildman–Crippen MR) is 70.6 cm³/mol. The number of nitrogens with one attached hydrogen (secondary N) is 1. The first-order valence-electron chi connectivity index (χ1n) is 5.77. The SMILES string of the molecule is CN(CC(C)(C)C)C(=O)c1cccc(F)c1NN. The van der Waals surface area contributed by atoms with Crippen LogP contribution in [0.5, 0.6) is 0 Å². The summed E-state index contributed by atoms with van der Waals surface area (Å²) >= 11 is 0. The number of hydrazine groups is 1. The molecular weight excluding hydrogens is 233 g/mol. The number of benzene rings is 1. The van der Waals surface area contributed by atoms with Crippen molar-refractivity contribution in [1.82, 2.24) is 4.90 Å². The Hall–Kier alpha value is -1.62. The molecule has 0 heterocycles. The lowest BCUT2D eigenvalue weighted by Gasteiger charge is -2.27. The van der Waals surface area contributed by atoms with Gasteiger partial charge in [-0.05, 0) is 17.5 Å². The van der Waals surface area contributed by atoms with Crippen LogP contribution >= 0.6 is 0 Å². The second kappa shape index (κ2) is 5.35. The molecular formula is C13H20FN3O. The van der Waals surface area contributed by atoms with Crippen molar-refractivity contribution in [3.05, 3.63) is 29.6 Å². The monoisotopic (exact) mass is 253 g/mol. The number of rotatable bonds is 3. The Morgan fingerprint density at radius 3 is 2.56 bits per heavy atom. The van der Waals surface area contributed by atoms with Gasteiger partial charge in [-0.15, -0.1) is 0 Å². The third-order valence-electron chi connectivity index (χ3n) is 2.45. The van der Waals surface area contributed by atoms with Gasteiger partial charge >= 0.3 is 0 Å². The van der Waals surface area contributed by atoms with E-state index < -0.39 is 5.82 Å². The van der Waals surface area contributed by atoms with E-state index in [1.54, 1.807) is 18.0 Å². The first kappa shape index (κ1) is 14.4. The normalized spacial score (nSPS) is 11.2. The predicted octanol–water partition coefficient (Wildman–Crippen LogP) is 2.23. The number of amides is 1. The molecule has 0 bridgehead atoms. The highest BCUT2D eigenvalue weighted by Gasteiger charge is 2.21. The molecule has 3 N–H and O–H groups in total. The Kier molecular flexibility index (Phi) is 4.29. The molecule has 1 aromatic carbocycles. The molecule has 0 aliphatic heterocycles. The Bertz CT molecular complexity index is 440. The van der Waals surface area contributed by atoms with E-state index in [4.69, 9.17) is 5.84 Å². The van der Waals surface area contributed by atoms with Gasteiger partial charge in [0.25, 0.3) is 5.91 Å². The van der Waals surface area contributed by atoms with E-state index in [0.717, 1.165) is 0 Å². The maximum Gasteiger partial charge on any atom is 0.255 e. The van der Waals surface area contributed by atoms with Gasteiger partial charge in [-0.25, -0.2) is 4.39 Å². The van der Waals surface area contributed by atoms with E-state index in [0.29, 0.717) is 6.54 Å². The molecule has 0 atom stereocenters. The molecule has 1 aromatic rings. The van der Waals surface area contributed by atoms with Crippen molar-refractivity contribution in [2.45, 2.75) is 20.8 Å². The fraction of sp³-hybridized carbons (Fsp3) is 0.462. The van der Waals surface area contributed by atoms with Gasteiger partial charge in [0, 0.05) is 13.6 Å². The maximum atomic E-state index is 13.5. The molecule has 18 heavy (non-hydrogen) atoms. The summed E-state index contributed by atoms with van der Waals surface area (Å²) in [6.45, 7) is 6.67. The van der Waals surface area contributed by atoms with Crippen LogP contribution in [0.1, 0.15) is 31.1 Å². The van der Waals surface area contributed by atoms with Crippen LogP contribution in [0.4, 0.5) is 10.1 Å². The summed E-state index contributed by atoms with van der Waals surface area (Å²) in [5.74, 6) is 4.47. The molecule has 0 radical (unpaired) electrons. The zero-order chi connectivity index (χ0) is 13.9. The van der Waals surface area contributed by atoms with Gasteiger partial charge in [0.05, 0.1) is 11.3 Å². The Labute approximate surface area is 107 Å². The standard InChI is InChI=1S/C13H20FN3O/c1-13(2,3)8-17(4)12(18)9-6-5-7-10(14)11(9)16-15/h5-7,16H,8,15H2,1-4H3. The van der Waals surface area contributed by atoms with E-state index >= 15 is 0 Å². The third kappa shape index (κ3) is 3.43. The Morgan fingerprint density at radius 2 is 2.06 bits per heavy atom. The second-order valence-corrected chi connectivity index (χ2v) is 5.53. The third-order valence-corrected chi connectivity index (χ3v) is 2.45. The molecule has 0 fully saturated rings. The summed E-state index contributed by atoms with van der Waals surface area (Å²) in [7, 11) is 1.69. The highest BCUT2D eigenvalue weighted by atomic mass is 19.1. The van der Waals surface area contributed by atoms with Crippen molar-refractivity contribution in [1.29, 1.82) is 0 Å². The average Bonchev–Trinajstić information content (AvgIpc) is 2.25. The molecule has 0 aromatic heterocycles. The smallest absolute Gasteiger partial charge is 0.255 e. The number of nitrogens with zero attached hydrogens (tertiary/aromatic N) is 1. The number of nitrogens with two attached hydrogens (primary N) is 1. The van der Waals surface area contributed by atoms with Crippen molar-refractivity contribution in [2.24, 2.45) is 11.3 Å². The van der Waals surface area contributed by atoms with Crippen molar-refractivity contribution in [2.75, 3.05) is 19.0 Å².